The van der Waals surface area contributed by atoms with Gasteiger partial charge in [0.1, 0.15) is 6.10 Å². The lowest BCUT2D eigenvalue weighted by atomic mass is 10.1. The maximum atomic E-state index is 12.5. The van der Waals surface area contributed by atoms with Gasteiger partial charge in [0, 0.05) is 24.9 Å². The van der Waals surface area contributed by atoms with Crippen LogP contribution in [0.2, 0.25) is 0 Å². The van der Waals surface area contributed by atoms with Gasteiger partial charge in [0.25, 0.3) is 11.8 Å². The molecule has 0 bridgehead atoms. The molecule has 1 aliphatic heterocycles. The Labute approximate surface area is 154 Å². The van der Waals surface area contributed by atoms with E-state index in [2.05, 4.69) is 5.32 Å². The Morgan fingerprint density at radius 3 is 2.62 bits per heavy atom. The van der Waals surface area contributed by atoms with Crippen molar-refractivity contribution < 1.29 is 14.3 Å². The average molecular weight is 352 g/mol. The number of rotatable bonds is 5. The molecule has 0 aromatic heterocycles. The van der Waals surface area contributed by atoms with E-state index >= 15 is 0 Å². The Bertz CT molecular complexity index is 770. The summed E-state index contributed by atoms with van der Waals surface area (Å²) in [6.45, 7) is 2.63. The predicted molar refractivity (Wildman–Crippen MR) is 101 cm³/mol. The first-order valence-corrected chi connectivity index (χ1v) is 8.91. The van der Waals surface area contributed by atoms with Crippen LogP contribution in [0.3, 0.4) is 0 Å². The first kappa shape index (κ1) is 18.1. The van der Waals surface area contributed by atoms with Crippen molar-refractivity contribution in [2.24, 2.45) is 0 Å². The lowest BCUT2D eigenvalue weighted by Gasteiger charge is -2.28. The zero-order valence-corrected chi connectivity index (χ0v) is 15.1. The van der Waals surface area contributed by atoms with Crippen LogP contribution in [0.25, 0.3) is 0 Å². The fourth-order valence-corrected chi connectivity index (χ4v) is 3.08. The minimum Gasteiger partial charge on any atom is -0.368 e. The maximum absolute atomic E-state index is 12.5. The van der Waals surface area contributed by atoms with E-state index < -0.39 is 0 Å². The second-order valence-corrected chi connectivity index (χ2v) is 6.57. The monoisotopic (exact) mass is 352 g/mol. The molecular formula is C21H24N2O3. The first-order valence-electron chi connectivity index (χ1n) is 8.91. The molecule has 0 saturated carbocycles. The van der Waals surface area contributed by atoms with Crippen LogP contribution < -0.4 is 5.32 Å². The van der Waals surface area contributed by atoms with Crippen molar-refractivity contribution in [3.63, 3.8) is 0 Å². The number of anilines is 1. The smallest absolute Gasteiger partial charge is 0.255 e. The van der Waals surface area contributed by atoms with Crippen LogP contribution in [0, 0.1) is 0 Å². The molecule has 1 aliphatic rings. The van der Waals surface area contributed by atoms with Gasteiger partial charge in [-0.1, -0.05) is 30.3 Å². The molecule has 2 aromatic carbocycles. The summed E-state index contributed by atoms with van der Waals surface area (Å²) in [6, 6.07) is 16.6. The molecule has 5 nitrogen and oxygen atoms in total. The lowest BCUT2D eigenvalue weighted by molar-refractivity contribution is -0.141. The van der Waals surface area contributed by atoms with Crippen LogP contribution in [0.1, 0.15) is 41.7 Å². The topological polar surface area (TPSA) is 58.6 Å². The third-order valence-corrected chi connectivity index (χ3v) is 4.80. The summed E-state index contributed by atoms with van der Waals surface area (Å²) in [6.07, 6.45) is 1.38. The van der Waals surface area contributed by atoms with E-state index in [1.807, 2.05) is 49.4 Å². The first-order chi connectivity index (χ1) is 12.6. The van der Waals surface area contributed by atoms with Gasteiger partial charge < -0.3 is 15.0 Å². The van der Waals surface area contributed by atoms with E-state index in [0.717, 1.165) is 18.4 Å². The predicted octanol–water partition coefficient (Wildman–Crippen LogP) is 3.64. The molecule has 2 aromatic rings. The van der Waals surface area contributed by atoms with Crippen molar-refractivity contribution in [2.45, 2.75) is 31.9 Å². The lowest BCUT2D eigenvalue weighted by Crippen LogP contribution is -2.37. The number of carbonyl (C=O) groups is 2. The zero-order valence-electron chi connectivity index (χ0n) is 15.1. The van der Waals surface area contributed by atoms with E-state index in [4.69, 9.17) is 4.74 Å². The number of likely N-dealkylation sites (N-methyl/N-ethyl adjacent to an activating group) is 1. The summed E-state index contributed by atoms with van der Waals surface area (Å²) in [7, 11) is 1.80. The van der Waals surface area contributed by atoms with E-state index in [-0.39, 0.29) is 24.0 Å². The van der Waals surface area contributed by atoms with Crippen LogP contribution in [0.15, 0.2) is 54.6 Å². The molecule has 2 atom stereocenters. The highest BCUT2D eigenvalue weighted by molar-refractivity contribution is 6.04. The molecule has 1 N–H and O–H groups in total. The second-order valence-electron chi connectivity index (χ2n) is 6.57. The third-order valence-electron chi connectivity index (χ3n) is 4.80. The summed E-state index contributed by atoms with van der Waals surface area (Å²) < 4.78 is 5.50. The normalized spacial score (nSPS) is 17.5. The van der Waals surface area contributed by atoms with Crippen molar-refractivity contribution in [2.75, 3.05) is 19.0 Å². The number of nitrogens with one attached hydrogen (secondary N) is 1. The molecule has 1 heterocycles. The van der Waals surface area contributed by atoms with E-state index in [1.54, 1.807) is 24.1 Å². The van der Waals surface area contributed by atoms with Crippen LogP contribution in [0.4, 0.5) is 5.69 Å². The second kappa shape index (κ2) is 8.15. The molecule has 0 spiro atoms. The van der Waals surface area contributed by atoms with Gasteiger partial charge in [-0.15, -0.1) is 0 Å². The Kier molecular flexibility index (Phi) is 5.68. The zero-order chi connectivity index (χ0) is 18.5. The number of nitrogens with zero attached hydrogens (tertiary/aromatic N) is 1. The van der Waals surface area contributed by atoms with E-state index in [1.165, 1.54) is 0 Å². The third kappa shape index (κ3) is 4.11. The molecule has 136 valence electrons. The van der Waals surface area contributed by atoms with Gasteiger partial charge in [-0.3, -0.25) is 9.59 Å². The van der Waals surface area contributed by atoms with Gasteiger partial charge >= 0.3 is 0 Å². The van der Waals surface area contributed by atoms with E-state index in [0.29, 0.717) is 17.9 Å². The van der Waals surface area contributed by atoms with E-state index in [9.17, 15) is 9.59 Å². The number of amides is 2. The SMILES string of the molecule is C[C@@H](c1cccc(NC(=O)c2ccccc2)c1)N(C)C(=O)[C@H]1CCCO1. The number of carbonyl (C=O) groups excluding carboxylic acids is 2. The molecule has 5 heteroatoms. The van der Waals surface area contributed by atoms with Gasteiger partial charge in [0.15, 0.2) is 0 Å². The van der Waals surface area contributed by atoms with Crippen molar-refractivity contribution in [3.05, 3.63) is 65.7 Å². The molecule has 2 amide bonds. The summed E-state index contributed by atoms with van der Waals surface area (Å²) in [4.78, 5) is 26.6. The minimum absolute atomic E-state index is 0.00808. The van der Waals surface area contributed by atoms with Crippen LogP contribution in [0.5, 0.6) is 0 Å². The summed E-state index contributed by atoms with van der Waals surface area (Å²) in [5, 5.41) is 2.91. The number of benzene rings is 2. The number of ether oxygens (including phenoxy) is 1. The largest absolute Gasteiger partial charge is 0.368 e. The van der Waals surface area contributed by atoms with Crippen molar-refractivity contribution in [3.8, 4) is 0 Å². The molecule has 0 unspecified atom stereocenters. The quantitative estimate of drug-likeness (QED) is 0.894. The summed E-state index contributed by atoms with van der Waals surface area (Å²) in [5.41, 5.74) is 2.28. The van der Waals surface area contributed by atoms with Gasteiger partial charge in [-0.2, -0.15) is 0 Å². The minimum atomic E-state index is -0.330. The van der Waals surface area contributed by atoms with Crippen molar-refractivity contribution >= 4 is 17.5 Å². The Hall–Kier alpha value is -2.66. The highest BCUT2D eigenvalue weighted by Gasteiger charge is 2.29. The van der Waals surface area contributed by atoms with Crippen LogP contribution in [-0.4, -0.2) is 36.5 Å². The molecule has 1 fully saturated rings. The highest BCUT2D eigenvalue weighted by atomic mass is 16.5. The Morgan fingerprint density at radius 1 is 1.15 bits per heavy atom. The van der Waals surface area contributed by atoms with Crippen LogP contribution in [-0.2, 0) is 9.53 Å². The fraction of sp³-hybridized carbons (Fsp3) is 0.333. The summed E-state index contributed by atoms with van der Waals surface area (Å²) in [5.74, 6) is -0.145. The van der Waals surface area contributed by atoms with Crippen molar-refractivity contribution in [1.82, 2.24) is 4.90 Å². The molecule has 0 radical (unpaired) electrons. The Balaban J connectivity index is 1.70. The highest BCUT2D eigenvalue weighted by Crippen LogP contribution is 2.25. The van der Waals surface area contributed by atoms with Gasteiger partial charge in [0.05, 0.1) is 6.04 Å². The number of hydrogen-bond acceptors (Lipinski definition) is 3. The average Bonchev–Trinajstić information content (AvgIpc) is 3.22. The molecule has 1 saturated heterocycles. The van der Waals surface area contributed by atoms with Crippen molar-refractivity contribution in [1.29, 1.82) is 0 Å². The van der Waals surface area contributed by atoms with Gasteiger partial charge in [-0.25, -0.2) is 0 Å². The molecule has 0 aliphatic carbocycles. The fourth-order valence-electron chi connectivity index (χ4n) is 3.08. The van der Waals surface area contributed by atoms with Gasteiger partial charge in [-0.05, 0) is 49.6 Å². The molecule has 26 heavy (non-hydrogen) atoms. The number of hydrogen-bond donors (Lipinski definition) is 1. The van der Waals surface area contributed by atoms with Crippen LogP contribution >= 0.6 is 0 Å². The maximum Gasteiger partial charge on any atom is 0.255 e. The standard InChI is InChI=1S/C21H24N2O3/c1-15(23(2)21(25)19-12-7-13-26-19)17-10-6-11-18(14-17)22-20(24)16-8-4-3-5-9-16/h3-6,8-11,14-15,19H,7,12-13H2,1-2H3,(H,22,24)/t15-,19+/m0/s1. The van der Waals surface area contributed by atoms with Gasteiger partial charge in [0.2, 0.25) is 0 Å². The Morgan fingerprint density at radius 2 is 1.92 bits per heavy atom. The summed E-state index contributed by atoms with van der Waals surface area (Å²) >= 11 is 0. The molecule has 3 rings (SSSR count). The molecular weight excluding hydrogens is 328 g/mol.